The number of amides is 2. The molecular weight excluding hydrogens is 439 g/mol. The molecule has 1 N–H and O–H groups in total. The number of benzene rings is 1. The molecule has 0 saturated carbocycles. The minimum absolute atomic E-state index is 0.104. The molecule has 162 valence electrons. The van der Waals surface area contributed by atoms with Gasteiger partial charge in [-0.2, -0.15) is 4.31 Å². The second-order valence-electron chi connectivity index (χ2n) is 7.31. The second kappa shape index (κ2) is 9.80. The Labute approximate surface area is 181 Å². The molecule has 2 amide bonds. The van der Waals surface area contributed by atoms with Gasteiger partial charge in [0.1, 0.15) is 0 Å². The van der Waals surface area contributed by atoms with Crippen molar-refractivity contribution < 1.29 is 17.9 Å². The highest BCUT2D eigenvalue weighted by molar-refractivity contribution is 7.88. The lowest BCUT2D eigenvalue weighted by Crippen LogP contribution is -2.54. The summed E-state index contributed by atoms with van der Waals surface area (Å²) in [4.78, 5) is 16.3. The molecule has 1 aromatic rings. The molecule has 0 radical (unpaired) electrons. The van der Waals surface area contributed by atoms with Gasteiger partial charge < -0.3 is 15.0 Å². The van der Waals surface area contributed by atoms with Crippen LogP contribution in [0.2, 0.25) is 10.0 Å². The molecule has 11 heteroatoms. The maximum absolute atomic E-state index is 12.4. The largest absolute Gasteiger partial charge is 0.374 e. The first-order chi connectivity index (χ1) is 13.7. The topological polar surface area (TPSA) is 82.2 Å². The first-order valence-corrected chi connectivity index (χ1v) is 12.1. The molecule has 0 bridgehead atoms. The summed E-state index contributed by atoms with van der Waals surface area (Å²) >= 11 is 12.1. The van der Waals surface area contributed by atoms with E-state index in [-0.39, 0.29) is 12.1 Å². The van der Waals surface area contributed by atoms with E-state index in [1.807, 2.05) is 12.1 Å². The maximum atomic E-state index is 12.4. The van der Waals surface area contributed by atoms with E-state index in [9.17, 15) is 13.2 Å². The smallest absolute Gasteiger partial charge is 0.317 e. The number of morpholine rings is 1. The van der Waals surface area contributed by atoms with Crippen LogP contribution in [0.5, 0.6) is 0 Å². The first-order valence-electron chi connectivity index (χ1n) is 9.48. The molecule has 2 aliphatic heterocycles. The third-order valence-corrected chi connectivity index (χ3v) is 7.13. The molecular formula is C18H26Cl2N4O4S. The number of hydrogen-bond donors (Lipinski definition) is 1. The van der Waals surface area contributed by atoms with E-state index in [0.717, 1.165) is 18.7 Å². The summed E-state index contributed by atoms with van der Waals surface area (Å²) in [5, 5.41) is 3.98. The minimum Gasteiger partial charge on any atom is -0.374 e. The van der Waals surface area contributed by atoms with Gasteiger partial charge in [-0.3, -0.25) is 4.90 Å². The van der Waals surface area contributed by atoms with Gasteiger partial charge in [0.15, 0.2) is 0 Å². The van der Waals surface area contributed by atoms with Gasteiger partial charge in [-0.05, 0) is 17.7 Å². The number of rotatable bonds is 5. The summed E-state index contributed by atoms with van der Waals surface area (Å²) in [6.07, 6.45) is 1.08. The van der Waals surface area contributed by atoms with Crippen molar-refractivity contribution in [3.63, 3.8) is 0 Å². The molecule has 2 aliphatic rings. The zero-order chi connectivity index (χ0) is 21.0. The molecule has 0 spiro atoms. The van der Waals surface area contributed by atoms with E-state index in [1.165, 1.54) is 10.6 Å². The van der Waals surface area contributed by atoms with E-state index < -0.39 is 10.0 Å². The molecule has 2 fully saturated rings. The Morgan fingerprint density at radius 2 is 1.90 bits per heavy atom. The Morgan fingerprint density at radius 1 is 1.17 bits per heavy atom. The predicted octanol–water partition coefficient (Wildman–Crippen LogP) is 1.48. The number of piperazine rings is 1. The molecule has 0 aromatic heterocycles. The zero-order valence-corrected chi connectivity index (χ0v) is 18.6. The summed E-state index contributed by atoms with van der Waals surface area (Å²) in [5.41, 5.74) is 1.08. The van der Waals surface area contributed by atoms with Gasteiger partial charge in [-0.25, -0.2) is 13.2 Å². The number of ether oxygens (including phenoxy) is 1. The van der Waals surface area contributed by atoms with Crippen LogP contribution in [-0.2, 0) is 21.3 Å². The molecule has 0 aliphatic carbocycles. The Bertz CT molecular complexity index is 831. The Balaban J connectivity index is 1.43. The van der Waals surface area contributed by atoms with Crippen LogP contribution in [0.15, 0.2) is 18.2 Å². The van der Waals surface area contributed by atoms with Crippen LogP contribution in [0, 0.1) is 0 Å². The van der Waals surface area contributed by atoms with E-state index in [0.29, 0.717) is 55.9 Å². The average molecular weight is 465 g/mol. The van der Waals surface area contributed by atoms with Gasteiger partial charge in [0, 0.05) is 52.4 Å². The highest BCUT2D eigenvalue weighted by Crippen LogP contribution is 2.23. The van der Waals surface area contributed by atoms with Gasteiger partial charge in [-0.1, -0.05) is 29.3 Å². The van der Waals surface area contributed by atoms with Crippen molar-refractivity contribution >= 4 is 39.3 Å². The van der Waals surface area contributed by atoms with Crippen molar-refractivity contribution in [1.29, 1.82) is 0 Å². The maximum Gasteiger partial charge on any atom is 0.317 e. The van der Waals surface area contributed by atoms with Crippen LogP contribution >= 0.6 is 23.2 Å². The normalized spacial score (nSPS) is 21.9. The lowest BCUT2D eigenvalue weighted by molar-refractivity contribution is -0.0291. The highest BCUT2D eigenvalue weighted by atomic mass is 35.5. The molecule has 29 heavy (non-hydrogen) atoms. The number of carbonyl (C=O) groups is 1. The van der Waals surface area contributed by atoms with Gasteiger partial charge >= 0.3 is 6.03 Å². The van der Waals surface area contributed by atoms with Crippen LogP contribution in [0.25, 0.3) is 0 Å². The Hall–Kier alpha value is -1.10. The monoisotopic (exact) mass is 464 g/mol. The van der Waals surface area contributed by atoms with Crippen LogP contribution in [0.3, 0.4) is 0 Å². The number of halogens is 2. The number of sulfonamides is 1. The van der Waals surface area contributed by atoms with Crippen molar-refractivity contribution in [3.8, 4) is 0 Å². The standard InChI is InChI=1S/C18H26Cl2N4O4S/c1-29(26,27)24-6-4-23(5-7-24)18(25)21-11-15-13-22(8-9-28-15)12-14-2-3-16(19)17(20)10-14/h2-3,10,15H,4-9,11-13H2,1H3,(H,21,25). The average Bonchev–Trinajstić information content (AvgIpc) is 2.69. The first kappa shape index (κ1) is 22.6. The summed E-state index contributed by atoms with van der Waals surface area (Å²) < 4.78 is 30.3. The van der Waals surface area contributed by atoms with E-state index >= 15 is 0 Å². The molecule has 1 atom stereocenters. The van der Waals surface area contributed by atoms with E-state index in [1.54, 1.807) is 11.0 Å². The SMILES string of the molecule is CS(=O)(=O)N1CCN(C(=O)NCC2CN(Cc3ccc(Cl)c(Cl)c3)CCO2)CC1. The fraction of sp³-hybridized carbons (Fsp3) is 0.611. The Morgan fingerprint density at radius 3 is 2.55 bits per heavy atom. The molecule has 2 saturated heterocycles. The molecule has 8 nitrogen and oxygen atoms in total. The molecule has 2 heterocycles. The number of nitrogens with one attached hydrogen (secondary N) is 1. The lowest BCUT2D eigenvalue weighted by Gasteiger charge is -2.35. The molecule has 1 aromatic carbocycles. The fourth-order valence-corrected chi connectivity index (χ4v) is 4.63. The fourth-order valence-electron chi connectivity index (χ4n) is 3.48. The van der Waals surface area contributed by atoms with Crippen molar-refractivity contribution in [2.75, 3.05) is 58.7 Å². The van der Waals surface area contributed by atoms with Crippen molar-refractivity contribution in [2.24, 2.45) is 0 Å². The van der Waals surface area contributed by atoms with Gasteiger partial charge in [0.2, 0.25) is 10.0 Å². The summed E-state index contributed by atoms with van der Waals surface area (Å²) in [5.74, 6) is 0. The van der Waals surface area contributed by atoms with Crippen molar-refractivity contribution in [2.45, 2.75) is 12.6 Å². The summed E-state index contributed by atoms with van der Waals surface area (Å²) in [7, 11) is -3.21. The number of nitrogens with zero attached hydrogens (tertiary/aromatic N) is 3. The van der Waals surface area contributed by atoms with Gasteiger partial charge in [-0.15, -0.1) is 0 Å². The summed E-state index contributed by atoms with van der Waals surface area (Å²) in [6.45, 7) is 4.64. The minimum atomic E-state index is -3.21. The van der Waals surface area contributed by atoms with E-state index in [2.05, 4.69) is 10.2 Å². The molecule has 3 rings (SSSR count). The van der Waals surface area contributed by atoms with Gasteiger partial charge in [0.05, 0.1) is 29.0 Å². The third-order valence-electron chi connectivity index (χ3n) is 5.09. The van der Waals surface area contributed by atoms with Gasteiger partial charge in [0.25, 0.3) is 0 Å². The second-order valence-corrected chi connectivity index (χ2v) is 10.1. The number of carbonyl (C=O) groups excluding carboxylic acids is 1. The van der Waals surface area contributed by atoms with Crippen LogP contribution in [0.1, 0.15) is 5.56 Å². The highest BCUT2D eigenvalue weighted by Gasteiger charge is 2.27. The number of urea groups is 1. The number of hydrogen-bond acceptors (Lipinski definition) is 5. The van der Waals surface area contributed by atoms with Crippen LogP contribution in [-0.4, -0.2) is 93.3 Å². The lowest BCUT2D eigenvalue weighted by atomic mass is 10.2. The van der Waals surface area contributed by atoms with Crippen LogP contribution < -0.4 is 5.32 Å². The van der Waals surface area contributed by atoms with Crippen LogP contribution in [0.4, 0.5) is 4.79 Å². The zero-order valence-electron chi connectivity index (χ0n) is 16.3. The summed E-state index contributed by atoms with van der Waals surface area (Å²) in [6, 6.07) is 5.42. The predicted molar refractivity (Wildman–Crippen MR) is 113 cm³/mol. The van der Waals surface area contributed by atoms with Crippen molar-refractivity contribution in [3.05, 3.63) is 33.8 Å². The third kappa shape index (κ3) is 6.44. The quantitative estimate of drug-likeness (QED) is 0.713. The van der Waals surface area contributed by atoms with E-state index in [4.69, 9.17) is 27.9 Å². The Kier molecular flexibility index (Phi) is 7.63. The molecule has 1 unspecified atom stereocenters. The van der Waals surface area contributed by atoms with Crippen molar-refractivity contribution in [1.82, 2.24) is 19.4 Å².